The van der Waals surface area contributed by atoms with Crippen molar-refractivity contribution >= 4 is 17.6 Å². The third kappa shape index (κ3) is 4.30. The van der Waals surface area contributed by atoms with E-state index in [1.54, 1.807) is 6.07 Å². The first-order chi connectivity index (χ1) is 7.09. The first-order valence-corrected chi connectivity index (χ1v) is 5.26. The number of pyridine rings is 1. The van der Waals surface area contributed by atoms with Gasteiger partial charge in [0, 0.05) is 6.20 Å². The van der Waals surface area contributed by atoms with Crippen molar-refractivity contribution in [3.05, 3.63) is 29.0 Å². The summed E-state index contributed by atoms with van der Waals surface area (Å²) < 4.78 is 5.07. The van der Waals surface area contributed by atoms with Crippen molar-refractivity contribution in [1.29, 1.82) is 0 Å². The summed E-state index contributed by atoms with van der Waals surface area (Å²) in [5, 5.41) is 0.299. The number of esters is 1. The molecule has 0 saturated heterocycles. The fourth-order valence-electron chi connectivity index (χ4n) is 1.00. The number of carbonyl (C=O) groups is 1. The van der Waals surface area contributed by atoms with Gasteiger partial charge in [0.1, 0.15) is 5.15 Å². The minimum atomic E-state index is -0.347. The fourth-order valence-corrected chi connectivity index (χ4v) is 1.17. The van der Waals surface area contributed by atoms with E-state index in [-0.39, 0.29) is 5.97 Å². The lowest BCUT2D eigenvalue weighted by molar-refractivity contribution is 0.0488. The number of rotatable bonds is 4. The van der Waals surface area contributed by atoms with Gasteiger partial charge in [-0.2, -0.15) is 0 Å². The number of hydrogen-bond donors (Lipinski definition) is 0. The number of hydrogen-bond acceptors (Lipinski definition) is 3. The van der Waals surface area contributed by atoms with Crippen molar-refractivity contribution in [2.24, 2.45) is 5.92 Å². The van der Waals surface area contributed by atoms with E-state index >= 15 is 0 Å². The van der Waals surface area contributed by atoms with Crippen LogP contribution in [0.15, 0.2) is 18.3 Å². The Morgan fingerprint density at radius 3 is 2.93 bits per heavy atom. The molecule has 1 aromatic heterocycles. The molecule has 1 heterocycles. The molecule has 0 atom stereocenters. The van der Waals surface area contributed by atoms with Crippen LogP contribution in [-0.4, -0.2) is 17.6 Å². The Kier molecular flexibility index (Phi) is 4.56. The van der Waals surface area contributed by atoms with Gasteiger partial charge >= 0.3 is 5.97 Å². The van der Waals surface area contributed by atoms with Gasteiger partial charge in [-0.3, -0.25) is 0 Å². The lowest BCUT2D eigenvalue weighted by Crippen LogP contribution is -2.08. The van der Waals surface area contributed by atoms with Gasteiger partial charge in [-0.05, 0) is 24.5 Å². The standard InChI is InChI=1S/C11H14ClNO2/c1-8(2)4-6-15-11(14)9-3-5-13-10(12)7-9/h3,5,7-8H,4,6H2,1-2H3. The van der Waals surface area contributed by atoms with Gasteiger partial charge in [0.25, 0.3) is 0 Å². The Morgan fingerprint density at radius 2 is 2.33 bits per heavy atom. The molecule has 0 saturated carbocycles. The highest BCUT2D eigenvalue weighted by molar-refractivity contribution is 6.29. The van der Waals surface area contributed by atoms with Crippen molar-refractivity contribution in [1.82, 2.24) is 4.98 Å². The Balaban J connectivity index is 2.47. The van der Waals surface area contributed by atoms with Gasteiger partial charge in [-0.1, -0.05) is 25.4 Å². The minimum absolute atomic E-state index is 0.299. The molecule has 0 aromatic carbocycles. The normalized spacial score (nSPS) is 10.4. The summed E-state index contributed by atoms with van der Waals surface area (Å²) in [5.74, 6) is 0.179. The molecule has 0 aliphatic heterocycles. The Morgan fingerprint density at radius 1 is 1.60 bits per heavy atom. The van der Waals surface area contributed by atoms with Crippen LogP contribution in [0.3, 0.4) is 0 Å². The zero-order chi connectivity index (χ0) is 11.3. The number of nitrogens with zero attached hydrogens (tertiary/aromatic N) is 1. The van der Waals surface area contributed by atoms with E-state index in [2.05, 4.69) is 18.8 Å². The Labute approximate surface area is 94.4 Å². The molecular formula is C11H14ClNO2. The van der Waals surface area contributed by atoms with Crippen LogP contribution in [0, 0.1) is 5.92 Å². The summed E-state index contributed by atoms with van der Waals surface area (Å²) in [6, 6.07) is 3.09. The quantitative estimate of drug-likeness (QED) is 0.587. The third-order valence-electron chi connectivity index (χ3n) is 1.89. The predicted molar refractivity (Wildman–Crippen MR) is 59.0 cm³/mol. The molecule has 0 bridgehead atoms. The largest absolute Gasteiger partial charge is 0.462 e. The molecule has 4 heteroatoms. The first-order valence-electron chi connectivity index (χ1n) is 4.88. The van der Waals surface area contributed by atoms with Crippen molar-refractivity contribution < 1.29 is 9.53 Å². The van der Waals surface area contributed by atoms with Crippen molar-refractivity contribution in [3.63, 3.8) is 0 Å². The average molecular weight is 228 g/mol. The maximum atomic E-state index is 11.5. The van der Waals surface area contributed by atoms with Crippen molar-refractivity contribution in [3.8, 4) is 0 Å². The van der Waals surface area contributed by atoms with Gasteiger partial charge in [0.05, 0.1) is 12.2 Å². The van der Waals surface area contributed by atoms with E-state index in [4.69, 9.17) is 16.3 Å². The van der Waals surface area contributed by atoms with Crippen LogP contribution in [0.4, 0.5) is 0 Å². The lowest BCUT2D eigenvalue weighted by atomic mass is 10.1. The van der Waals surface area contributed by atoms with E-state index in [1.165, 1.54) is 12.3 Å². The van der Waals surface area contributed by atoms with Crippen LogP contribution in [0.5, 0.6) is 0 Å². The molecule has 1 rings (SSSR count). The molecular weight excluding hydrogens is 214 g/mol. The third-order valence-corrected chi connectivity index (χ3v) is 2.10. The highest BCUT2D eigenvalue weighted by atomic mass is 35.5. The zero-order valence-electron chi connectivity index (χ0n) is 8.87. The molecule has 1 aromatic rings. The number of halogens is 1. The molecule has 15 heavy (non-hydrogen) atoms. The molecule has 0 radical (unpaired) electrons. The monoisotopic (exact) mass is 227 g/mol. The van der Waals surface area contributed by atoms with Gasteiger partial charge in [-0.15, -0.1) is 0 Å². The smallest absolute Gasteiger partial charge is 0.338 e. The van der Waals surface area contributed by atoms with Gasteiger partial charge in [0.15, 0.2) is 0 Å². The summed E-state index contributed by atoms with van der Waals surface area (Å²) in [5.41, 5.74) is 0.443. The van der Waals surface area contributed by atoms with Crippen LogP contribution in [-0.2, 0) is 4.74 Å². The maximum Gasteiger partial charge on any atom is 0.338 e. The molecule has 0 aliphatic rings. The molecule has 0 spiro atoms. The highest BCUT2D eigenvalue weighted by Crippen LogP contribution is 2.09. The number of aromatic nitrogens is 1. The SMILES string of the molecule is CC(C)CCOC(=O)c1ccnc(Cl)c1. The molecule has 0 N–H and O–H groups in total. The van der Waals surface area contributed by atoms with E-state index in [0.29, 0.717) is 23.2 Å². The molecule has 0 fully saturated rings. The molecule has 0 amide bonds. The van der Waals surface area contributed by atoms with Crippen LogP contribution in [0.2, 0.25) is 5.15 Å². The predicted octanol–water partition coefficient (Wildman–Crippen LogP) is 2.94. The molecule has 82 valence electrons. The molecule has 0 unspecified atom stereocenters. The van der Waals surface area contributed by atoms with Crippen LogP contribution < -0.4 is 0 Å². The average Bonchev–Trinajstić information content (AvgIpc) is 2.17. The zero-order valence-corrected chi connectivity index (χ0v) is 9.62. The molecule has 3 nitrogen and oxygen atoms in total. The Hall–Kier alpha value is -1.09. The van der Waals surface area contributed by atoms with Crippen LogP contribution in [0.1, 0.15) is 30.6 Å². The lowest BCUT2D eigenvalue weighted by Gasteiger charge is -2.06. The highest BCUT2D eigenvalue weighted by Gasteiger charge is 2.07. The number of ether oxygens (including phenoxy) is 1. The Bertz CT molecular complexity index is 339. The summed E-state index contributed by atoms with van der Waals surface area (Å²) >= 11 is 5.65. The minimum Gasteiger partial charge on any atom is -0.462 e. The fraction of sp³-hybridized carbons (Fsp3) is 0.455. The first kappa shape index (κ1) is 12.0. The van der Waals surface area contributed by atoms with E-state index in [9.17, 15) is 4.79 Å². The summed E-state index contributed by atoms with van der Waals surface area (Å²) in [4.78, 5) is 15.3. The summed E-state index contributed by atoms with van der Waals surface area (Å²) in [6.07, 6.45) is 2.35. The van der Waals surface area contributed by atoms with E-state index in [1.807, 2.05) is 0 Å². The van der Waals surface area contributed by atoms with Gasteiger partial charge in [-0.25, -0.2) is 9.78 Å². The molecule has 0 aliphatic carbocycles. The van der Waals surface area contributed by atoms with Crippen LogP contribution in [0.25, 0.3) is 0 Å². The van der Waals surface area contributed by atoms with Crippen molar-refractivity contribution in [2.75, 3.05) is 6.61 Å². The van der Waals surface area contributed by atoms with E-state index < -0.39 is 0 Å². The maximum absolute atomic E-state index is 11.5. The van der Waals surface area contributed by atoms with E-state index in [0.717, 1.165) is 6.42 Å². The van der Waals surface area contributed by atoms with Gasteiger partial charge in [0.2, 0.25) is 0 Å². The van der Waals surface area contributed by atoms with Gasteiger partial charge < -0.3 is 4.74 Å². The second kappa shape index (κ2) is 5.71. The summed E-state index contributed by atoms with van der Waals surface area (Å²) in [7, 11) is 0. The van der Waals surface area contributed by atoms with Crippen LogP contribution >= 0.6 is 11.6 Å². The topological polar surface area (TPSA) is 39.2 Å². The van der Waals surface area contributed by atoms with Crippen molar-refractivity contribution in [2.45, 2.75) is 20.3 Å². The second-order valence-electron chi connectivity index (χ2n) is 3.69. The summed E-state index contributed by atoms with van der Waals surface area (Å²) in [6.45, 7) is 4.60. The number of carbonyl (C=O) groups excluding carboxylic acids is 1. The second-order valence-corrected chi connectivity index (χ2v) is 4.07.